The van der Waals surface area contributed by atoms with Gasteiger partial charge in [0, 0.05) is 5.56 Å². The van der Waals surface area contributed by atoms with E-state index >= 15 is 0 Å². The highest BCUT2D eigenvalue weighted by atomic mass is 35.5. The monoisotopic (exact) mass is 296 g/mol. The van der Waals surface area contributed by atoms with E-state index in [-0.39, 0.29) is 11.4 Å². The van der Waals surface area contributed by atoms with Crippen molar-refractivity contribution in [3.63, 3.8) is 0 Å². The summed E-state index contributed by atoms with van der Waals surface area (Å²) < 4.78 is 5.33. The highest BCUT2D eigenvalue weighted by Gasteiger charge is 2.20. The lowest BCUT2D eigenvalue weighted by molar-refractivity contribution is 0.0324. The van der Waals surface area contributed by atoms with E-state index in [0.29, 0.717) is 17.7 Å². The van der Waals surface area contributed by atoms with Gasteiger partial charge in [-0.25, -0.2) is 4.79 Å². The van der Waals surface area contributed by atoms with Gasteiger partial charge in [0.2, 0.25) is 0 Å². The van der Waals surface area contributed by atoms with Gasteiger partial charge in [-0.3, -0.25) is 4.79 Å². The Morgan fingerprint density at radius 3 is 2.20 bits per heavy atom. The van der Waals surface area contributed by atoms with Crippen molar-refractivity contribution < 1.29 is 14.3 Å². The van der Waals surface area contributed by atoms with Crippen LogP contribution in [0.3, 0.4) is 0 Å². The van der Waals surface area contributed by atoms with Crippen molar-refractivity contribution in [3.05, 3.63) is 35.4 Å². The molecule has 0 aromatic heterocycles. The van der Waals surface area contributed by atoms with Crippen LogP contribution in [0.25, 0.3) is 0 Å². The summed E-state index contributed by atoms with van der Waals surface area (Å²) in [6.45, 7) is 6.71. The van der Waals surface area contributed by atoms with Gasteiger partial charge in [0.05, 0.1) is 12.2 Å². The van der Waals surface area contributed by atoms with E-state index in [1.807, 2.05) is 0 Å². The van der Waals surface area contributed by atoms with E-state index in [1.165, 1.54) is 12.1 Å². The van der Waals surface area contributed by atoms with E-state index in [4.69, 9.17) is 16.3 Å². The summed E-state index contributed by atoms with van der Waals surface area (Å²) in [5.74, 6) is -0.372. The van der Waals surface area contributed by atoms with Gasteiger partial charge >= 0.3 is 5.97 Å². The summed E-state index contributed by atoms with van der Waals surface area (Å²) >= 11 is 5.35. The first-order valence-corrected chi connectivity index (χ1v) is 7.20. The molecule has 110 valence electrons. The first kappa shape index (κ1) is 16.7. The minimum Gasteiger partial charge on any atom is -0.462 e. The summed E-state index contributed by atoms with van der Waals surface area (Å²) in [5.41, 5.74) is 0.780. The van der Waals surface area contributed by atoms with Crippen LogP contribution in [0.1, 0.15) is 60.7 Å². The molecule has 3 nitrogen and oxygen atoms in total. The van der Waals surface area contributed by atoms with Crippen molar-refractivity contribution in [2.24, 2.45) is 5.41 Å². The van der Waals surface area contributed by atoms with Gasteiger partial charge in [0.15, 0.2) is 0 Å². The van der Waals surface area contributed by atoms with Crippen molar-refractivity contribution in [2.45, 2.75) is 40.0 Å². The smallest absolute Gasteiger partial charge is 0.338 e. The van der Waals surface area contributed by atoms with Crippen LogP contribution in [0.15, 0.2) is 24.3 Å². The Bertz CT molecular complexity index is 463. The summed E-state index contributed by atoms with van der Waals surface area (Å²) in [6, 6.07) is 6.15. The molecule has 1 aromatic carbocycles. The van der Waals surface area contributed by atoms with Crippen LogP contribution in [0.4, 0.5) is 0 Å². The zero-order chi connectivity index (χ0) is 15.2. The Hall–Kier alpha value is -1.35. The minimum atomic E-state index is -0.536. The Labute approximate surface area is 125 Å². The molecule has 0 spiro atoms. The highest BCUT2D eigenvalue weighted by molar-refractivity contribution is 6.67. The van der Waals surface area contributed by atoms with Gasteiger partial charge in [0.25, 0.3) is 5.24 Å². The maximum atomic E-state index is 11.9. The number of halogens is 1. The number of hydrogen-bond acceptors (Lipinski definition) is 3. The SMILES string of the molecule is CCCCC(C)(C)COC(=O)c1ccc(C(=O)Cl)cc1. The van der Waals surface area contributed by atoms with Gasteiger partial charge in [-0.05, 0) is 47.7 Å². The normalized spacial score (nSPS) is 11.2. The molecule has 0 saturated carbocycles. The molecule has 0 N–H and O–H groups in total. The molecule has 0 unspecified atom stereocenters. The summed E-state index contributed by atoms with van der Waals surface area (Å²) in [5, 5.41) is -0.536. The zero-order valence-electron chi connectivity index (χ0n) is 12.2. The molecular formula is C16H21ClO3. The molecule has 20 heavy (non-hydrogen) atoms. The first-order chi connectivity index (χ1) is 9.35. The Balaban J connectivity index is 2.56. The van der Waals surface area contributed by atoms with Gasteiger partial charge in [-0.15, -0.1) is 0 Å². The third-order valence-corrected chi connectivity index (χ3v) is 3.37. The maximum absolute atomic E-state index is 11.9. The van der Waals surface area contributed by atoms with Crippen LogP contribution < -0.4 is 0 Å². The number of esters is 1. The van der Waals surface area contributed by atoms with Gasteiger partial charge < -0.3 is 4.74 Å². The maximum Gasteiger partial charge on any atom is 0.338 e. The fourth-order valence-corrected chi connectivity index (χ4v) is 1.94. The van der Waals surface area contributed by atoms with E-state index in [0.717, 1.165) is 19.3 Å². The molecule has 0 atom stereocenters. The standard InChI is InChI=1S/C16H21ClO3/c1-4-5-10-16(2,3)11-20-15(19)13-8-6-12(7-9-13)14(17)18/h6-9H,4-5,10-11H2,1-3H3. The second-order valence-electron chi connectivity index (χ2n) is 5.69. The van der Waals surface area contributed by atoms with Crippen LogP contribution >= 0.6 is 11.6 Å². The third kappa shape index (κ3) is 5.33. The largest absolute Gasteiger partial charge is 0.462 e. The highest BCUT2D eigenvalue weighted by Crippen LogP contribution is 2.24. The lowest BCUT2D eigenvalue weighted by Crippen LogP contribution is -2.22. The fraction of sp³-hybridized carbons (Fsp3) is 0.500. The predicted molar refractivity (Wildman–Crippen MR) is 80.2 cm³/mol. The average Bonchev–Trinajstić information content (AvgIpc) is 2.43. The van der Waals surface area contributed by atoms with Gasteiger partial charge in [0.1, 0.15) is 0 Å². The molecule has 0 fully saturated rings. The van der Waals surface area contributed by atoms with Crippen molar-refractivity contribution >= 4 is 22.8 Å². The van der Waals surface area contributed by atoms with E-state index in [9.17, 15) is 9.59 Å². The number of carbonyl (C=O) groups excluding carboxylic acids is 2. The van der Waals surface area contributed by atoms with Crippen molar-refractivity contribution in [1.82, 2.24) is 0 Å². The average molecular weight is 297 g/mol. The van der Waals surface area contributed by atoms with Crippen LogP contribution in [-0.2, 0) is 4.74 Å². The lowest BCUT2D eigenvalue weighted by Gasteiger charge is -2.23. The van der Waals surface area contributed by atoms with Gasteiger partial charge in [-0.2, -0.15) is 0 Å². The molecule has 0 heterocycles. The van der Waals surface area contributed by atoms with Crippen LogP contribution in [-0.4, -0.2) is 17.8 Å². The Kier molecular flexibility index (Phi) is 6.21. The minimum absolute atomic E-state index is 0.0162. The van der Waals surface area contributed by atoms with E-state index in [1.54, 1.807) is 12.1 Å². The molecule has 0 saturated heterocycles. The summed E-state index contributed by atoms with van der Waals surface area (Å²) in [7, 11) is 0. The second kappa shape index (κ2) is 7.44. The van der Waals surface area contributed by atoms with Crippen LogP contribution in [0, 0.1) is 5.41 Å². The lowest BCUT2D eigenvalue weighted by atomic mass is 9.88. The fourth-order valence-electron chi connectivity index (χ4n) is 1.81. The molecule has 4 heteroatoms. The number of ether oxygens (including phenoxy) is 1. The summed E-state index contributed by atoms with van der Waals surface area (Å²) in [6.07, 6.45) is 3.28. The number of unbranched alkanes of at least 4 members (excludes halogenated alkanes) is 1. The molecular weight excluding hydrogens is 276 g/mol. The molecule has 0 bridgehead atoms. The van der Waals surface area contributed by atoms with E-state index in [2.05, 4.69) is 20.8 Å². The number of rotatable bonds is 7. The second-order valence-corrected chi connectivity index (χ2v) is 6.04. The van der Waals surface area contributed by atoms with Crippen molar-refractivity contribution in [3.8, 4) is 0 Å². The van der Waals surface area contributed by atoms with Gasteiger partial charge in [-0.1, -0.05) is 33.6 Å². The number of carbonyl (C=O) groups is 2. The number of hydrogen-bond donors (Lipinski definition) is 0. The molecule has 1 aromatic rings. The molecule has 0 aliphatic rings. The molecule has 0 amide bonds. The number of benzene rings is 1. The molecule has 0 aliphatic carbocycles. The Morgan fingerprint density at radius 2 is 1.70 bits per heavy atom. The summed E-state index contributed by atoms with van der Waals surface area (Å²) in [4.78, 5) is 22.8. The third-order valence-electron chi connectivity index (χ3n) is 3.15. The quantitative estimate of drug-likeness (QED) is 0.552. The first-order valence-electron chi connectivity index (χ1n) is 6.83. The topological polar surface area (TPSA) is 43.4 Å². The predicted octanol–water partition coefficient (Wildman–Crippen LogP) is 4.44. The van der Waals surface area contributed by atoms with Crippen molar-refractivity contribution in [1.29, 1.82) is 0 Å². The van der Waals surface area contributed by atoms with E-state index < -0.39 is 5.24 Å². The van der Waals surface area contributed by atoms with Crippen LogP contribution in [0.5, 0.6) is 0 Å². The zero-order valence-corrected chi connectivity index (χ0v) is 13.0. The molecule has 0 radical (unpaired) electrons. The Morgan fingerprint density at radius 1 is 1.15 bits per heavy atom. The van der Waals surface area contributed by atoms with Crippen LogP contribution in [0.2, 0.25) is 0 Å². The molecule has 0 aliphatic heterocycles. The van der Waals surface area contributed by atoms with Crippen molar-refractivity contribution in [2.75, 3.05) is 6.61 Å². The molecule has 1 rings (SSSR count).